The van der Waals surface area contributed by atoms with Crippen LogP contribution in [0.2, 0.25) is 0 Å². The number of benzene rings is 1. The fourth-order valence-corrected chi connectivity index (χ4v) is 1.46. The Bertz CT molecular complexity index is 430. The second-order valence-corrected chi connectivity index (χ2v) is 4.62. The Morgan fingerprint density at radius 3 is 2.26 bits per heavy atom. The summed E-state index contributed by atoms with van der Waals surface area (Å²) in [5.74, 6) is 1.73. The predicted molar refractivity (Wildman–Crippen MR) is 76.4 cm³/mol. The van der Waals surface area contributed by atoms with Crippen LogP contribution in [0.25, 0.3) is 6.08 Å². The van der Waals surface area contributed by atoms with Gasteiger partial charge in [-0.2, -0.15) is 0 Å². The minimum absolute atomic E-state index is 0.101. The standard InChI is InChI=1S/C15H21NO3/c1-11(2)10-16-15(17)6-5-12-7-13(18-3)9-14(8-12)19-4/h5-9,11H,10H2,1-4H3,(H,16,17)/b6-5+. The molecule has 0 unspecified atom stereocenters. The summed E-state index contributed by atoms with van der Waals surface area (Å²) in [7, 11) is 3.19. The van der Waals surface area contributed by atoms with Crippen LogP contribution in [-0.2, 0) is 4.79 Å². The molecule has 0 aliphatic heterocycles. The first kappa shape index (κ1) is 15.1. The molecule has 4 nitrogen and oxygen atoms in total. The molecule has 104 valence electrons. The van der Waals surface area contributed by atoms with Gasteiger partial charge in [-0.1, -0.05) is 13.8 Å². The van der Waals surface area contributed by atoms with E-state index in [0.717, 1.165) is 5.56 Å². The molecule has 0 spiro atoms. The fraction of sp³-hybridized carbons (Fsp3) is 0.400. The minimum Gasteiger partial charge on any atom is -0.497 e. The van der Waals surface area contributed by atoms with Gasteiger partial charge in [-0.15, -0.1) is 0 Å². The molecule has 1 aromatic rings. The van der Waals surface area contributed by atoms with Crippen molar-refractivity contribution in [1.29, 1.82) is 0 Å². The van der Waals surface area contributed by atoms with Crippen LogP contribution in [0.15, 0.2) is 24.3 Å². The lowest BCUT2D eigenvalue weighted by atomic mass is 10.2. The van der Waals surface area contributed by atoms with Gasteiger partial charge in [-0.25, -0.2) is 0 Å². The molecule has 0 bridgehead atoms. The molecule has 0 atom stereocenters. The number of carbonyl (C=O) groups is 1. The van der Waals surface area contributed by atoms with Crippen molar-refractivity contribution < 1.29 is 14.3 Å². The first-order valence-electron chi connectivity index (χ1n) is 6.24. The molecule has 0 saturated carbocycles. The minimum atomic E-state index is -0.101. The van der Waals surface area contributed by atoms with Gasteiger partial charge in [0.2, 0.25) is 5.91 Å². The SMILES string of the molecule is COc1cc(/C=C/C(=O)NCC(C)C)cc(OC)c1. The van der Waals surface area contributed by atoms with Crippen molar-refractivity contribution in [3.05, 3.63) is 29.8 Å². The highest BCUT2D eigenvalue weighted by atomic mass is 16.5. The molecule has 0 saturated heterocycles. The number of hydrogen-bond donors (Lipinski definition) is 1. The highest BCUT2D eigenvalue weighted by molar-refractivity contribution is 5.91. The van der Waals surface area contributed by atoms with Crippen LogP contribution < -0.4 is 14.8 Å². The van der Waals surface area contributed by atoms with Gasteiger partial charge in [0.05, 0.1) is 14.2 Å². The van der Waals surface area contributed by atoms with Crippen LogP contribution in [-0.4, -0.2) is 26.7 Å². The van der Waals surface area contributed by atoms with Crippen LogP contribution in [0.5, 0.6) is 11.5 Å². The van der Waals surface area contributed by atoms with Crippen LogP contribution in [0.3, 0.4) is 0 Å². The lowest BCUT2D eigenvalue weighted by Crippen LogP contribution is -2.25. The van der Waals surface area contributed by atoms with Gasteiger partial charge in [-0.05, 0) is 29.7 Å². The number of carbonyl (C=O) groups excluding carboxylic acids is 1. The summed E-state index contributed by atoms with van der Waals surface area (Å²) in [6, 6.07) is 5.47. The molecular weight excluding hydrogens is 242 g/mol. The highest BCUT2D eigenvalue weighted by Gasteiger charge is 2.01. The molecule has 0 aromatic heterocycles. The second kappa shape index (κ2) is 7.46. The van der Waals surface area contributed by atoms with E-state index in [2.05, 4.69) is 19.2 Å². The molecule has 19 heavy (non-hydrogen) atoms. The zero-order valence-corrected chi connectivity index (χ0v) is 11.9. The average Bonchev–Trinajstić information content (AvgIpc) is 2.42. The molecule has 0 aliphatic rings. The van der Waals surface area contributed by atoms with Crippen molar-refractivity contribution in [3.8, 4) is 11.5 Å². The number of rotatable bonds is 6. The zero-order valence-electron chi connectivity index (χ0n) is 11.9. The van der Waals surface area contributed by atoms with Crippen molar-refractivity contribution in [2.24, 2.45) is 5.92 Å². The molecule has 1 aromatic carbocycles. The second-order valence-electron chi connectivity index (χ2n) is 4.62. The summed E-state index contributed by atoms with van der Waals surface area (Å²) in [5.41, 5.74) is 0.857. The number of methoxy groups -OCH3 is 2. The van der Waals surface area contributed by atoms with Gasteiger partial charge in [0.15, 0.2) is 0 Å². The lowest BCUT2D eigenvalue weighted by molar-refractivity contribution is -0.116. The Labute approximate surface area is 114 Å². The lowest BCUT2D eigenvalue weighted by Gasteiger charge is -2.06. The Morgan fingerprint density at radius 2 is 1.79 bits per heavy atom. The average molecular weight is 263 g/mol. The van der Waals surface area contributed by atoms with Crippen molar-refractivity contribution in [2.75, 3.05) is 20.8 Å². The van der Waals surface area contributed by atoms with Crippen molar-refractivity contribution in [3.63, 3.8) is 0 Å². The Balaban J connectivity index is 2.72. The van der Waals surface area contributed by atoms with E-state index in [1.165, 1.54) is 6.08 Å². The third-order valence-electron chi connectivity index (χ3n) is 2.49. The zero-order chi connectivity index (χ0) is 14.3. The largest absolute Gasteiger partial charge is 0.497 e. The normalized spacial score (nSPS) is 10.8. The van der Waals surface area contributed by atoms with Crippen molar-refractivity contribution in [2.45, 2.75) is 13.8 Å². The monoisotopic (exact) mass is 263 g/mol. The molecule has 1 amide bonds. The van der Waals surface area contributed by atoms with Gasteiger partial charge in [0, 0.05) is 18.7 Å². The number of hydrogen-bond acceptors (Lipinski definition) is 3. The van der Waals surface area contributed by atoms with Crippen molar-refractivity contribution in [1.82, 2.24) is 5.32 Å². The molecule has 0 fully saturated rings. The highest BCUT2D eigenvalue weighted by Crippen LogP contribution is 2.23. The van der Waals surface area contributed by atoms with E-state index in [1.807, 2.05) is 12.1 Å². The molecule has 1 N–H and O–H groups in total. The topological polar surface area (TPSA) is 47.6 Å². The quantitative estimate of drug-likeness (QED) is 0.802. The molecule has 1 rings (SSSR count). The van der Waals surface area contributed by atoms with E-state index in [-0.39, 0.29) is 5.91 Å². The summed E-state index contributed by atoms with van der Waals surface area (Å²) in [4.78, 5) is 11.6. The summed E-state index contributed by atoms with van der Waals surface area (Å²) < 4.78 is 10.3. The molecule has 0 heterocycles. The van der Waals surface area contributed by atoms with Crippen LogP contribution in [0.4, 0.5) is 0 Å². The van der Waals surface area contributed by atoms with Crippen LogP contribution >= 0.6 is 0 Å². The first-order chi connectivity index (χ1) is 9.05. The molecule has 0 radical (unpaired) electrons. The van der Waals surface area contributed by atoms with E-state index in [1.54, 1.807) is 26.4 Å². The van der Waals surface area contributed by atoms with Crippen LogP contribution in [0.1, 0.15) is 19.4 Å². The summed E-state index contributed by atoms with van der Waals surface area (Å²) >= 11 is 0. The maximum Gasteiger partial charge on any atom is 0.244 e. The first-order valence-corrected chi connectivity index (χ1v) is 6.24. The van der Waals surface area contributed by atoms with E-state index >= 15 is 0 Å². The van der Waals surface area contributed by atoms with E-state index < -0.39 is 0 Å². The maximum atomic E-state index is 11.6. The molecule has 0 aliphatic carbocycles. The van der Waals surface area contributed by atoms with E-state index in [0.29, 0.717) is 24.0 Å². The van der Waals surface area contributed by atoms with Gasteiger partial charge in [0.25, 0.3) is 0 Å². The summed E-state index contributed by atoms with van der Waals surface area (Å²) in [6.07, 6.45) is 3.25. The Morgan fingerprint density at radius 1 is 1.21 bits per heavy atom. The smallest absolute Gasteiger partial charge is 0.244 e. The van der Waals surface area contributed by atoms with Gasteiger partial charge >= 0.3 is 0 Å². The summed E-state index contributed by atoms with van der Waals surface area (Å²) in [6.45, 7) is 4.78. The van der Waals surface area contributed by atoms with Gasteiger partial charge in [-0.3, -0.25) is 4.79 Å². The number of ether oxygens (including phenoxy) is 2. The van der Waals surface area contributed by atoms with Crippen molar-refractivity contribution >= 4 is 12.0 Å². The third-order valence-corrected chi connectivity index (χ3v) is 2.49. The fourth-order valence-electron chi connectivity index (χ4n) is 1.46. The van der Waals surface area contributed by atoms with Gasteiger partial charge < -0.3 is 14.8 Å². The van der Waals surface area contributed by atoms with E-state index in [9.17, 15) is 4.79 Å². The number of nitrogens with one attached hydrogen (secondary N) is 1. The summed E-state index contributed by atoms with van der Waals surface area (Å²) in [5, 5.41) is 2.82. The van der Waals surface area contributed by atoms with E-state index in [4.69, 9.17) is 9.47 Å². The maximum absolute atomic E-state index is 11.6. The molecular formula is C15H21NO3. The predicted octanol–water partition coefficient (Wildman–Crippen LogP) is 2.49. The number of amides is 1. The Kier molecular flexibility index (Phi) is 5.93. The molecule has 4 heteroatoms. The van der Waals surface area contributed by atoms with Gasteiger partial charge in [0.1, 0.15) is 11.5 Å². The van der Waals surface area contributed by atoms with Crippen LogP contribution in [0, 0.1) is 5.92 Å². The third kappa shape index (κ3) is 5.46. The Hall–Kier alpha value is -1.97.